The molecule has 0 aromatic carbocycles. The Morgan fingerprint density at radius 3 is 1.58 bits per heavy atom. The summed E-state index contributed by atoms with van der Waals surface area (Å²) in [6.07, 6.45) is 17.8. The SMILES string of the molecule is C=C(C=CCCCCC)OC(=C)C=CCCCCC. The molecule has 108 valence electrons. The summed E-state index contributed by atoms with van der Waals surface area (Å²) in [6.45, 7) is 12.2. The summed E-state index contributed by atoms with van der Waals surface area (Å²) in [5.41, 5.74) is 0. The molecule has 19 heavy (non-hydrogen) atoms. The van der Waals surface area contributed by atoms with Crippen LogP contribution in [0.3, 0.4) is 0 Å². The van der Waals surface area contributed by atoms with E-state index in [-0.39, 0.29) is 0 Å². The highest BCUT2D eigenvalue weighted by molar-refractivity contribution is 5.15. The number of unbranched alkanes of at least 4 members (excludes halogenated alkanes) is 6. The van der Waals surface area contributed by atoms with Crippen LogP contribution in [-0.4, -0.2) is 0 Å². The number of allylic oxidation sites excluding steroid dienone is 4. The van der Waals surface area contributed by atoms with Gasteiger partial charge in [0.1, 0.15) is 11.5 Å². The topological polar surface area (TPSA) is 9.23 Å². The highest BCUT2D eigenvalue weighted by Crippen LogP contribution is 2.08. The third-order valence-electron chi connectivity index (χ3n) is 2.82. The normalized spacial score (nSPS) is 11.3. The lowest BCUT2D eigenvalue weighted by atomic mass is 10.2. The minimum absolute atomic E-state index is 0.666. The first kappa shape index (κ1) is 17.8. The van der Waals surface area contributed by atoms with Crippen LogP contribution >= 0.6 is 0 Å². The van der Waals surface area contributed by atoms with E-state index < -0.39 is 0 Å². The summed E-state index contributed by atoms with van der Waals surface area (Å²) in [6, 6.07) is 0. The Balaban J connectivity index is 3.71. The molecule has 0 aromatic heterocycles. The summed E-state index contributed by atoms with van der Waals surface area (Å²) in [7, 11) is 0. The molecule has 0 rings (SSSR count). The Morgan fingerprint density at radius 2 is 1.21 bits per heavy atom. The van der Waals surface area contributed by atoms with E-state index in [4.69, 9.17) is 4.74 Å². The number of hydrogen-bond acceptors (Lipinski definition) is 1. The van der Waals surface area contributed by atoms with Gasteiger partial charge >= 0.3 is 0 Å². The Labute approximate surface area is 119 Å². The number of ether oxygens (including phenoxy) is 1. The molecule has 0 aromatic rings. The maximum Gasteiger partial charge on any atom is 0.119 e. The van der Waals surface area contributed by atoms with Gasteiger partial charge in [0.25, 0.3) is 0 Å². The monoisotopic (exact) mass is 262 g/mol. The lowest BCUT2D eigenvalue weighted by Crippen LogP contribution is -1.85. The first-order valence-electron chi connectivity index (χ1n) is 7.59. The Kier molecular flexibility index (Phi) is 12.3. The molecule has 0 aliphatic rings. The van der Waals surface area contributed by atoms with Gasteiger partial charge in [0, 0.05) is 0 Å². The molecule has 0 saturated carbocycles. The lowest BCUT2D eigenvalue weighted by molar-refractivity contribution is 0.340. The number of hydrogen-bond donors (Lipinski definition) is 0. The summed E-state index contributed by atoms with van der Waals surface area (Å²) in [4.78, 5) is 0. The van der Waals surface area contributed by atoms with Crippen LogP contribution in [0.1, 0.15) is 65.2 Å². The minimum Gasteiger partial charge on any atom is -0.459 e. The standard InChI is InChI=1S/C18H30O/c1-5-7-9-11-13-15-17(3)19-18(4)16-14-12-10-8-6-2/h13-16H,3-12H2,1-2H3. The molecule has 1 heteroatoms. The van der Waals surface area contributed by atoms with Crippen LogP contribution in [0.15, 0.2) is 49.0 Å². The Bertz CT molecular complexity index is 267. The average molecular weight is 262 g/mol. The minimum atomic E-state index is 0.666. The van der Waals surface area contributed by atoms with E-state index in [2.05, 4.69) is 39.2 Å². The van der Waals surface area contributed by atoms with Gasteiger partial charge in [-0.05, 0) is 37.8 Å². The van der Waals surface area contributed by atoms with Gasteiger partial charge in [-0.25, -0.2) is 0 Å². The molecule has 0 radical (unpaired) electrons. The van der Waals surface area contributed by atoms with Gasteiger partial charge in [-0.3, -0.25) is 0 Å². The zero-order valence-electron chi connectivity index (χ0n) is 12.8. The predicted octanol–water partition coefficient (Wildman–Crippen LogP) is 6.30. The van der Waals surface area contributed by atoms with Gasteiger partial charge in [0.15, 0.2) is 0 Å². The fraction of sp³-hybridized carbons (Fsp3) is 0.556. The van der Waals surface area contributed by atoms with Crippen LogP contribution in [-0.2, 0) is 4.74 Å². The van der Waals surface area contributed by atoms with Gasteiger partial charge in [-0.15, -0.1) is 0 Å². The number of rotatable bonds is 12. The smallest absolute Gasteiger partial charge is 0.119 e. The van der Waals surface area contributed by atoms with Crippen molar-refractivity contribution in [1.82, 2.24) is 0 Å². The summed E-state index contributed by atoms with van der Waals surface area (Å²) < 4.78 is 5.50. The van der Waals surface area contributed by atoms with E-state index in [1.54, 1.807) is 0 Å². The van der Waals surface area contributed by atoms with Gasteiger partial charge < -0.3 is 4.74 Å². The van der Waals surface area contributed by atoms with E-state index in [1.165, 1.54) is 38.5 Å². The highest BCUT2D eigenvalue weighted by Gasteiger charge is 1.92. The molecule has 0 heterocycles. The summed E-state index contributed by atoms with van der Waals surface area (Å²) in [5, 5.41) is 0. The third kappa shape index (κ3) is 13.0. The second kappa shape index (κ2) is 13.2. The Morgan fingerprint density at radius 1 is 0.789 bits per heavy atom. The third-order valence-corrected chi connectivity index (χ3v) is 2.82. The van der Waals surface area contributed by atoms with Crippen LogP contribution in [0.25, 0.3) is 0 Å². The van der Waals surface area contributed by atoms with E-state index in [0.29, 0.717) is 11.5 Å². The molecular weight excluding hydrogens is 232 g/mol. The Hall–Kier alpha value is -1.24. The van der Waals surface area contributed by atoms with E-state index >= 15 is 0 Å². The highest BCUT2D eigenvalue weighted by atomic mass is 16.5. The predicted molar refractivity (Wildman–Crippen MR) is 85.9 cm³/mol. The van der Waals surface area contributed by atoms with Crippen molar-refractivity contribution in [3.8, 4) is 0 Å². The molecule has 0 unspecified atom stereocenters. The molecule has 0 aliphatic heterocycles. The maximum atomic E-state index is 5.50. The van der Waals surface area contributed by atoms with Gasteiger partial charge in [-0.2, -0.15) is 0 Å². The van der Waals surface area contributed by atoms with E-state index in [0.717, 1.165) is 12.8 Å². The fourth-order valence-electron chi connectivity index (χ4n) is 1.69. The average Bonchev–Trinajstić information content (AvgIpc) is 2.38. The van der Waals surface area contributed by atoms with E-state index in [1.807, 2.05) is 12.2 Å². The van der Waals surface area contributed by atoms with Crippen molar-refractivity contribution < 1.29 is 4.74 Å². The van der Waals surface area contributed by atoms with Gasteiger partial charge in [-0.1, -0.05) is 64.8 Å². The molecule has 0 saturated heterocycles. The van der Waals surface area contributed by atoms with Crippen molar-refractivity contribution in [1.29, 1.82) is 0 Å². The molecule has 0 amide bonds. The van der Waals surface area contributed by atoms with Crippen LogP contribution in [0.5, 0.6) is 0 Å². The maximum absolute atomic E-state index is 5.50. The van der Waals surface area contributed by atoms with Crippen molar-refractivity contribution >= 4 is 0 Å². The lowest BCUT2D eigenvalue weighted by Gasteiger charge is -2.04. The molecule has 1 nitrogen and oxygen atoms in total. The largest absolute Gasteiger partial charge is 0.459 e. The van der Waals surface area contributed by atoms with Crippen LogP contribution in [0.2, 0.25) is 0 Å². The quantitative estimate of drug-likeness (QED) is 0.228. The molecule has 0 bridgehead atoms. The van der Waals surface area contributed by atoms with Crippen molar-refractivity contribution in [2.24, 2.45) is 0 Å². The summed E-state index contributed by atoms with van der Waals surface area (Å²) >= 11 is 0. The molecule has 0 fully saturated rings. The van der Waals surface area contributed by atoms with Crippen LogP contribution in [0.4, 0.5) is 0 Å². The van der Waals surface area contributed by atoms with Crippen molar-refractivity contribution in [2.75, 3.05) is 0 Å². The zero-order valence-corrected chi connectivity index (χ0v) is 12.8. The van der Waals surface area contributed by atoms with Crippen molar-refractivity contribution in [3.05, 3.63) is 49.0 Å². The van der Waals surface area contributed by atoms with Gasteiger partial charge in [0.2, 0.25) is 0 Å². The van der Waals surface area contributed by atoms with E-state index in [9.17, 15) is 0 Å². The molecule has 0 aliphatic carbocycles. The summed E-state index contributed by atoms with van der Waals surface area (Å²) in [5.74, 6) is 1.33. The van der Waals surface area contributed by atoms with Crippen molar-refractivity contribution in [2.45, 2.75) is 65.2 Å². The first-order valence-corrected chi connectivity index (χ1v) is 7.59. The molecule has 0 spiro atoms. The second-order valence-corrected chi connectivity index (χ2v) is 4.83. The van der Waals surface area contributed by atoms with Crippen LogP contribution in [0, 0.1) is 0 Å². The molecule has 0 atom stereocenters. The van der Waals surface area contributed by atoms with Gasteiger partial charge in [0.05, 0.1) is 0 Å². The second-order valence-electron chi connectivity index (χ2n) is 4.83. The molecule has 0 N–H and O–H groups in total. The van der Waals surface area contributed by atoms with Crippen LogP contribution < -0.4 is 0 Å². The fourth-order valence-corrected chi connectivity index (χ4v) is 1.69. The van der Waals surface area contributed by atoms with Crippen molar-refractivity contribution in [3.63, 3.8) is 0 Å². The molecular formula is C18H30O. The zero-order chi connectivity index (χ0) is 14.3. The first-order chi connectivity index (χ1) is 9.20.